The van der Waals surface area contributed by atoms with Crippen LogP contribution < -0.4 is 0 Å². The summed E-state index contributed by atoms with van der Waals surface area (Å²) in [7, 11) is 0. The lowest BCUT2D eigenvalue weighted by atomic mass is 10.1. The van der Waals surface area contributed by atoms with E-state index in [1.54, 1.807) is 12.2 Å². The fourth-order valence-electron chi connectivity index (χ4n) is 0.652. The first-order valence-corrected chi connectivity index (χ1v) is 4.26. The van der Waals surface area contributed by atoms with Crippen molar-refractivity contribution in [1.29, 1.82) is 0 Å². The molecule has 0 aromatic carbocycles. The first kappa shape index (κ1) is 9.69. The van der Waals surface area contributed by atoms with Crippen LogP contribution in [0.4, 0.5) is 0 Å². The van der Waals surface area contributed by atoms with Gasteiger partial charge in [0.05, 0.1) is 5.92 Å². The first-order valence-electron chi connectivity index (χ1n) is 3.14. The van der Waals surface area contributed by atoms with Crippen LogP contribution in [-0.2, 0) is 4.79 Å². The third kappa shape index (κ3) is 3.67. The monoisotopic (exact) mass is 206 g/mol. The molecule has 0 aromatic rings. The lowest BCUT2D eigenvalue weighted by Crippen LogP contribution is -2.10. The summed E-state index contributed by atoms with van der Waals surface area (Å²) in [5, 5.41) is 9.29. The molecule has 0 aliphatic carbocycles. The molecule has 1 atom stereocenters. The van der Waals surface area contributed by atoms with Gasteiger partial charge in [-0.3, -0.25) is 4.79 Å². The third-order valence-electron chi connectivity index (χ3n) is 1.16. The molecule has 2 nitrogen and oxygen atoms in total. The van der Waals surface area contributed by atoms with Gasteiger partial charge in [0.1, 0.15) is 0 Å². The van der Waals surface area contributed by atoms with Crippen molar-refractivity contribution in [2.45, 2.75) is 13.3 Å². The number of halogens is 1. The van der Waals surface area contributed by atoms with Gasteiger partial charge in [-0.2, -0.15) is 0 Å². The predicted molar refractivity (Wildman–Crippen MR) is 44.4 cm³/mol. The minimum absolute atomic E-state index is 0.329. The van der Waals surface area contributed by atoms with E-state index in [-0.39, 0.29) is 5.92 Å². The smallest absolute Gasteiger partial charge is 0.310 e. The second-order valence-electron chi connectivity index (χ2n) is 1.95. The molecule has 10 heavy (non-hydrogen) atoms. The van der Waals surface area contributed by atoms with E-state index in [9.17, 15) is 4.79 Å². The van der Waals surface area contributed by atoms with Crippen LogP contribution in [0.25, 0.3) is 0 Å². The van der Waals surface area contributed by atoms with Crippen LogP contribution in [0.3, 0.4) is 0 Å². The number of alkyl halides is 1. The molecule has 0 spiro atoms. The molecular weight excluding hydrogens is 196 g/mol. The summed E-state index contributed by atoms with van der Waals surface area (Å²) >= 11 is 3.19. The Balaban J connectivity index is 3.85. The topological polar surface area (TPSA) is 37.3 Å². The molecule has 1 N–H and O–H groups in total. The molecule has 0 amide bonds. The summed E-state index contributed by atoms with van der Waals surface area (Å²) in [5.41, 5.74) is 0. The van der Waals surface area contributed by atoms with Crippen molar-refractivity contribution in [2.75, 3.05) is 5.33 Å². The van der Waals surface area contributed by atoms with Crippen molar-refractivity contribution in [3.63, 3.8) is 0 Å². The molecule has 0 rings (SSSR count). The molecular formula is C7H11BrO2. The van der Waals surface area contributed by atoms with Crippen LogP contribution in [-0.4, -0.2) is 16.4 Å². The highest BCUT2D eigenvalue weighted by molar-refractivity contribution is 9.09. The summed E-state index contributed by atoms with van der Waals surface area (Å²) in [5.74, 6) is -1.08. The number of carboxylic acids is 1. The van der Waals surface area contributed by atoms with Gasteiger partial charge in [-0.15, -0.1) is 0 Å². The molecule has 0 heterocycles. The Morgan fingerprint density at radius 2 is 2.40 bits per heavy atom. The fourth-order valence-corrected chi connectivity index (χ4v) is 1.15. The van der Waals surface area contributed by atoms with E-state index in [0.29, 0.717) is 6.42 Å². The van der Waals surface area contributed by atoms with Crippen molar-refractivity contribution in [3.05, 3.63) is 12.2 Å². The fraction of sp³-hybridized carbons (Fsp3) is 0.571. The van der Waals surface area contributed by atoms with Crippen LogP contribution in [0.15, 0.2) is 12.2 Å². The summed E-state index contributed by atoms with van der Waals surface area (Å²) in [4.78, 5) is 10.4. The van der Waals surface area contributed by atoms with Gasteiger partial charge in [-0.1, -0.05) is 28.1 Å². The minimum atomic E-state index is -0.752. The van der Waals surface area contributed by atoms with Gasteiger partial charge in [-0.05, 0) is 13.3 Å². The maximum atomic E-state index is 10.4. The van der Waals surface area contributed by atoms with Gasteiger partial charge in [0.25, 0.3) is 0 Å². The van der Waals surface area contributed by atoms with E-state index in [0.717, 1.165) is 5.33 Å². The van der Waals surface area contributed by atoms with Crippen molar-refractivity contribution in [3.8, 4) is 0 Å². The average Bonchev–Trinajstić information content (AvgIpc) is 1.87. The van der Waals surface area contributed by atoms with E-state index >= 15 is 0 Å². The zero-order valence-corrected chi connectivity index (χ0v) is 7.47. The SMILES string of the molecule is C/C=C/C(CCBr)C(=O)O. The molecule has 3 heteroatoms. The van der Waals surface area contributed by atoms with Gasteiger partial charge in [0.15, 0.2) is 0 Å². The van der Waals surface area contributed by atoms with Crippen LogP contribution in [0.2, 0.25) is 0 Å². The van der Waals surface area contributed by atoms with E-state index in [4.69, 9.17) is 5.11 Å². The molecule has 0 saturated heterocycles. The maximum Gasteiger partial charge on any atom is 0.310 e. The van der Waals surface area contributed by atoms with Gasteiger partial charge in [-0.25, -0.2) is 0 Å². The van der Waals surface area contributed by atoms with Crippen LogP contribution >= 0.6 is 15.9 Å². The van der Waals surface area contributed by atoms with Crippen LogP contribution in [0.1, 0.15) is 13.3 Å². The lowest BCUT2D eigenvalue weighted by molar-refractivity contribution is -0.140. The highest BCUT2D eigenvalue weighted by Crippen LogP contribution is 2.06. The molecule has 0 aromatic heterocycles. The predicted octanol–water partition coefficient (Wildman–Crippen LogP) is 2.05. The molecule has 0 saturated carbocycles. The van der Waals surface area contributed by atoms with Crippen molar-refractivity contribution in [2.24, 2.45) is 5.92 Å². The molecule has 0 bridgehead atoms. The number of aliphatic carboxylic acids is 1. The molecule has 0 fully saturated rings. The van der Waals surface area contributed by atoms with E-state index in [1.807, 2.05) is 6.92 Å². The zero-order chi connectivity index (χ0) is 7.98. The normalized spacial score (nSPS) is 13.8. The number of hydrogen-bond acceptors (Lipinski definition) is 1. The quantitative estimate of drug-likeness (QED) is 0.565. The second kappa shape index (κ2) is 5.47. The van der Waals surface area contributed by atoms with Crippen LogP contribution in [0.5, 0.6) is 0 Å². The number of hydrogen-bond donors (Lipinski definition) is 1. The van der Waals surface area contributed by atoms with Crippen molar-refractivity contribution < 1.29 is 9.90 Å². The Bertz CT molecular complexity index is 132. The number of carbonyl (C=O) groups is 1. The highest BCUT2D eigenvalue weighted by atomic mass is 79.9. The van der Waals surface area contributed by atoms with Gasteiger partial charge in [0, 0.05) is 5.33 Å². The highest BCUT2D eigenvalue weighted by Gasteiger charge is 2.11. The van der Waals surface area contributed by atoms with Gasteiger partial charge >= 0.3 is 5.97 Å². The average molecular weight is 207 g/mol. The standard InChI is InChI=1S/C7H11BrO2/c1-2-3-6(4-5-8)7(9)10/h2-3,6H,4-5H2,1H3,(H,9,10)/b3-2+. The lowest BCUT2D eigenvalue weighted by Gasteiger charge is -2.02. The largest absolute Gasteiger partial charge is 0.481 e. The number of rotatable bonds is 4. The molecule has 0 aliphatic rings. The Kier molecular flexibility index (Phi) is 5.30. The second-order valence-corrected chi connectivity index (χ2v) is 2.74. The summed E-state index contributed by atoms with van der Waals surface area (Å²) in [6.07, 6.45) is 4.12. The first-order chi connectivity index (χ1) is 4.72. The summed E-state index contributed by atoms with van der Waals surface area (Å²) in [6.45, 7) is 1.82. The molecule has 1 unspecified atom stereocenters. The van der Waals surface area contributed by atoms with Crippen molar-refractivity contribution in [1.82, 2.24) is 0 Å². The van der Waals surface area contributed by atoms with E-state index in [2.05, 4.69) is 15.9 Å². The Labute approximate surface area is 69.1 Å². The Morgan fingerprint density at radius 1 is 1.80 bits per heavy atom. The van der Waals surface area contributed by atoms with Crippen molar-refractivity contribution >= 4 is 21.9 Å². The summed E-state index contributed by atoms with van der Waals surface area (Å²) in [6, 6.07) is 0. The third-order valence-corrected chi connectivity index (χ3v) is 1.62. The number of allylic oxidation sites excluding steroid dienone is 1. The molecule has 0 radical (unpaired) electrons. The molecule has 0 aliphatic heterocycles. The maximum absolute atomic E-state index is 10.4. The van der Waals surface area contributed by atoms with Gasteiger partial charge < -0.3 is 5.11 Å². The Morgan fingerprint density at radius 3 is 2.70 bits per heavy atom. The van der Waals surface area contributed by atoms with E-state index in [1.165, 1.54) is 0 Å². The molecule has 58 valence electrons. The zero-order valence-electron chi connectivity index (χ0n) is 5.88. The minimum Gasteiger partial charge on any atom is -0.481 e. The Hall–Kier alpha value is -0.310. The van der Waals surface area contributed by atoms with E-state index < -0.39 is 5.97 Å². The number of carboxylic acid groups (broad SMARTS) is 1. The summed E-state index contributed by atoms with van der Waals surface area (Å²) < 4.78 is 0. The van der Waals surface area contributed by atoms with Crippen LogP contribution in [0, 0.1) is 5.92 Å². The van der Waals surface area contributed by atoms with Gasteiger partial charge in [0.2, 0.25) is 0 Å².